The van der Waals surface area contributed by atoms with Crippen molar-refractivity contribution in [3.63, 3.8) is 0 Å². The first-order valence-corrected chi connectivity index (χ1v) is 6.86. The van der Waals surface area contributed by atoms with Crippen LogP contribution in [-0.4, -0.2) is 24.8 Å². The Hall–Kier alpha value is -1.06. The fraction of sp³-hybridized carbons (Fsp3) is 0.600. The molecule has 0 amide bonds. The molecule has 1 aliphatic rings. The lowest BCUT2D eigenvalue weighted by molar-refractivity contribution is 0.267. The van der Waals surface area contributed by atoms with E-state index in [4.69, 9.17) is 5.73 Å². The highest BCUT2D eigenvalue weighted by molar-refractivity contribution is 5.57. The number of rotatable bonds is 3. The summed E-state index contributed by atoms with van der Waals surface area (Å²) in [5.41, 5.74) is 10.8. The second-order valence-corrected chi connectivity index (χ2v) is 5.33. The Kier molecular flexibility index (Phi) is 4.25. The van der Waals surface area contributed by atoms with E-state index in [1.807, 2.05) is 0 Å². The molecule has 0 aromatic heterocycles. The van der Waals surface area contributed by atoms with Gasteiger partial charge in [0.15, 0.2) is 0 Å². The average Bonchev–Trinajstić information content (AvgIpc) is 2.41. The summed E-state index contributed by atoms with van der Waals surface area (Å²) in [6.45, 7) is 6.54. The molecule has 0 unspecified atom stereocenters. The maximum atomic E-state index is 9.19. The number of piperidine rings is 1. The third-order valence-corrected chi connectivity index (χ3v) is 3.88. The van der Waals surface area contributed by atoms with Crippen molar-refractivity contribution < 1.29 is 5.11 Å². The van der Waals surface area contributed by atoms with Crippen LogP contribution in [0, 0.1) is 13.8 Å². The van der Waals surface area contributed by atoms with Crippen LogP contribution in [0.15, 0.2) is 12.1 Å². The summed E-state index contributed by atoms with van der Waals surface area (Å²) in [5, 5.41) is 9.19. The average molecular weight is 248 g/mol. The SMILES string of the molecule is Cc1cc(N2CCCCC2)c(C)cc1[C@@H](N)CO. The van der Waals surface area contributed by atoms with E-state index in [9.17, 15) is 5.11 Å². The first-order chi connectivity index (χ1) is 8.63. The van der Waals surface area contributed by atoms with E-state index >= 15 is 0 Å². The van der Waals surface area contributed by atoms with Crippen LogP contribution in [0.4, 0.5) is 5.69 Å². The van der Waals surface area contributed by atoms with Crippen molar-refractivity contribution in [3.8, 4) is 0 Å². The van der Waals surface area contributed by atoms with Gasteiger partial charge in [-0.3, -0.25) is 0 Å². The molecule has 1 aromatic rings. The summed E-state index contributed by atoms with van der Waals surface area (Å²) < 4.78 is 0. The lowest BCUT2D eigenvalue weighted by Crippen LogP contribution is -2.30. The van der Waals surface area contributed by atoms with Gasteiger partial charge >= 0.3 is 0 Å². The van der Waals surface area contributed by atoms with E-state index in [1.54, 1.807) is 0 Å². The molecule has 0 radical (unpaired) electrons. The van der Waals surface area contributed by atoms with Crippen molar-refractivity contribution in [2.75, 3.05) is 24.6 Å². The number of aliphatic hydroxyl groups is 1. The Labute approximate surface area is 110 Å². The minimum absolute atomic E-state index is 0.00331. The van der Waals surface area contributed by atoms with Crippen LogP contribution in [0.3, 0.4) is 0 Å². The molecule has 0 aliphatic carbocycles. The fourth-order valence-corrected chi connectivity index (χ4v) is 2.80. The molecule has 100 valence electrons. The highest BCUT2D eigenvalue weighted by atomic mass is 16.3. The number of anilines is 1. The van der Waals surface area contributed by atoms with E-state index in [2.05, 4.69) is 30.9 Å². The van der Waals surface area contributed by atoms with Crippen LogP contribution >= 0.6 is 0 Å². The van der Waals surface area contributed by atoms with Crippen LogP contribution in [-0.2, 0) is 0 Å². The van der Waals surface area contributed by atoms with Gasteiger partial charge in [0, 0.05) is 18.8 Å². The van der Waals surface area contributed by atoms with Crippen molar-refractivity contribution in [3.05, 3.63) is 28.8 Å². The van der Waals surface area contributed by atoms with Gasteiger partial charge in [0.1, 0.15) is 0 Å². The van der Waals surface area contributed by atoms with Crippen molar-refractivity contribution in [1.82, 2.24) is 0 Å². The molecule has 3 nitrogen and oxygen atoms in total. The molecule has 0 bridgehead atoms. The van der Waals surface area contributed by atoms with Gasteiger partial charge in [0.05, 0.1) is 12.6 Å². The van der Waals surface area contributed by atoms with Crippen LogP contribution in [0.25, 0.3) is 0 Å². The number of aryl methyl sites for hydroxylation is 2. The number of hydrogen-bond acceptors (Lipinski definition) is 3. The summed E-state index contributed by atoms with van der Waals surface area (Å²) in [6, 6.07) is 4.10. The van der Waals surface area contributed by atoms with Crippen LogP contribution in [0.2, 0.25) is 0 Å². The summed E-state index contributed by atoms with van der Waals surface area (Å²) in [6.07, 6.45) is 3.93. The highest BCUT2D eigenvalue weighted by Crippen LogP contribution is 2.28. The Balaban J connectivity index is 2.30. The van der Waals surface area contributed by atoms with Gasteiger partial charge in [-0.05, 0) is 55.9 Å². The van der Waals surface area contributed by atoms with Gasteiger partial charge in [-0.15, -0.1) is 0 Å². The molecule has 1 heterocycles. The largest absolute Gasteiger partial charge is 0.394 e. The summed E-state index contributed by atoms with van der Waals surface area (Å²) in [5.74, 6) is 0. The monoisotopic (exact) mass is 248 g/mol. The Morgan fingerprint density at radius 3 is 2.44 bits per heavy atom. The highest BCUT2D eigenvalue weighted by Gasteiger charge is 2.16. The van der Waals surface area contributed by atoms with Crippen LogP contribution in [0.1, 0.15) is 42.0 Å². The van der Waals surface area contributed by atoms with Gasteiger partial charge in [-0.1, -0.05) is 6.07 Å². The molecule has 1 saturated heterocycles. The lowest BCUT2D eigenvalue weighted by atomic mass is 9.97. The number of hydrogen-bond donors (Lipinski definition) is 2. The molecular weight excluding hydrogens is 224 g/mol. The van der Waals surface area contributed by atoms with Gasteiger partial charge in [0.2, 0.25) is 0 Å². The van der Waals surface area contributed by atoms with Crippen LogP contribution < -0.4 is 10.6 Å². The smallest absolute Gasteiger partial charge is 0.0624 e. The Morgan fingerprint density at radius 1 is 1.17 bits per heavy atom. The van der Waals surface area contributed by atoms with E-state index in [1.165, 1.54) is 36.1 Å². The zero-order valence-electron chi connectivity index (χ0n) is 11.4. The Morgan fingerprint density at radius 2 is 1.83 bits per heavy atom. The fourth-order valence-electron chi connectivity index (χ4n) is 2.80. The molecule has 2 rings (SSSR count). The second-order valence-electron chi connectivity index (χ2n) is 5.33. The first-order valence-electron chi connectivity index (χ1n) is 6.86. The van der Waals surface area contributed by atoms with Gasteiger partial charge in [-0.25, -0.2) is 0 Å². The summed E-state index contributed by atoms with van der Waals surface area (Å²) in [4.78, 5) is 2.47. The molecule has 3 N–H and O–H groups in total. The van der Waals surface area contributed by atoms with Crippen molar-refractivity contribution in [1.29, 1.82) is 0 Å². The zero-order chi connectivity index (χ0) is 13.1. The molecule has 0 spiro atoms. The van der Waals surface area contributed by atoms with Crippen LogP contribution in [0.5, 0.6) is 0 Å². The minimum Gasteiger partial charge on any atom is -0.394 e. The second kappa shape index (κ2) is 5.72. The van der Waals surface area contributed by atoms with E-state index in [0.29, 0.717) is 0 Å². The molecule has 1 fully saturated rings. The number of nitrogens with two attached hydrogens (primary N) is 1. The van der Waals surface area contributed by atoms with E-state index in [-0.39, 0.29) is 12.6 Å². The van der Waals surface area contributed by atoms with Gasteiger partial charge in [0.25, 0.3) is 0 Å². The van der Waals surface area contributed by atoms with Crippen molar-refractivity contribution in [2.45, 2.75) is 39.2 Å². The topological polar surface area (TPSA) is 49.5 Å². The maximum Gasteiger partial charge on any atom is 0.0624 e. The van der Waals surface area contributed by atoms with Crippen molar-refractivity contribution >= 4 is 5.69 Å². The number of aliphatic hydroxyl groups excluding tert-OH is 1. The van der Waals surface area contributed by atoms with E-state index < -0.39 is 0 Å². The van der Waals surface area contributed by atoms with E-state index in [0.717, 1.165) is 18.7 Å². The van der Waals surface area contributed by atoms with Crippen molar-refractivity contribution in [2.24, 2.45) is 5.73 Å². The first kappa shape index (κ1) is 13.4. The normalized spacial score (nSPS) is 17.9. The third-order valence-electron chi connectivity index (χ3n) is 3.88. The zero-order valence-corrected chi connectivity index (χ0v) is 11.4. The molecule has 1 aromatic carbocycles. The van der Waals surface area contributed by atoms with Gasteiger partial charge < -0.3 is 15.7 Å². The molecular formula is C15H24N2O. The lowest BCUT2D eigenvalue weighted by Gasteiger charge is -2.31. The minimum atomic E-state index is -0.265. The maximum absolute atomic E-state index is 9.19. The summed E-state index contributed by atoms with van der Waals surface area (Å²) in [7, 11) is 0. The predicted molar refractivity (Wildman–Crippen MR) is 76.0 cm³/mol. The molecule has 1 atom stereocenters. The number of nitrogens with zero attached hydrogens (tertiary/aromatic N) is 1. The van der Waals surface area contributed by atoms with Gasteiger partial charge in [-0.2, -0.15) is 0 Å². The standard InChI is InChI=1S/C15H24N2O/c1-11-9-15(17-6-4-3-5-7-17)12(2)8-13(11)14(16)10-18/h8-9,14,18H,3-7,10,16H2,1-2H3/t14-/m0/s1. The molecule has 18 heavy (non-hydrogen) atoms. The summed E-state index contributed by atoms with van der Waals surface area (Å²) >= 11 is 0. The molecule has 3 heteroatoms. The number of benzene rings is 1. The quantitative estimate of drug-likeness (QED) is 0.863. The Bertz CT molecular complexity index is 411. The predicted octanol–water partition coefficient (Wildman–Crippen LogP) is 2.29. The molecule has 0 saturated carbocycles. The third kappa shape index (κ3) is 2.68. The molecule has 1 aliphatic heterocycles.